The minimum Gasteiger partial charge on any atom is -0.444 e. The number of hydrogen-bond donors (Lipinski definition) is 0. The number of hydrogen-bond acceptors (Lipinski definition) is 2. The summed E-state index contributed by atoms with van der Waals surface area (Å²) in [5.41, 5.74) is -0.398. The number of halogens is 1. The number of carbonyl (C=O) groups is 1. The number of nitrogens with zero attached hydrogens (tertiary/aromatic N) is 1. The first-order valence-corrected chi connectivity index (χ1v) is 7.49. The summed E-state index contributed by atoms with van der Waals surface area (Å²) in [6.45, 7) is 9.63. The molecule has 1 saturated heterocycles. The van der Waals surface area contributed by atoms with Crippen molar-refractivity contribution in [1.29, 1.82) is 0 Å². The summed E-state index contributed by atoms with van der Waals surface area (Å²) in [7, 11) is 0. The van der Waals surface area contributed by atoms with E-state index in [1.165, 1.54) is 6.42 Å². The molecule has 2 atom stereocenters. The smallest absolute Gasteiger partial charge is 0.410 e. The fourth-order valence-electron chi connectivity index (χ4n) is 2.09. The van der Waals surface area contributed by atoms with Crippen LogP contribution in [-0.2, 0) is 4.74 Å². The summed E-state index contributed by atoms with van der Waals surface area (Å²) in [4.78, 5) is 13.8. The van der Waals surface area contributed by atoms with Crippen molar-refractivity contribution in [1.82, 2.24) is 4.90 Å². The quantitative estimate of drug-likeness (QED) is 0.729. The highest BCUT2D eigenvalue weighted by molar-refractivity contribution is 9.09. The van der Waals surface area contributed by atoms with Gasteiger partial charge in [0, 0.05) is 18.4 Å². The van der Waals surface area contributed by atoms with Crippen molar-refractivity contribution >= 4 is 22.0 Å². The van der Waals surface area contributed by atoms with Crippen molar-refractivity contribution < 1.29 is 9.53 Å². The topological polar surface area (TPSA) is 29.5 Å². The maximum atomic E-state index is 12.0. The van der Waals surface area contributed by atoms with Crippen LogP contribution >= 0.6 is 15.9 Å². The van der Waals surface area contributed by atoms with Gasteiger partial charge in [-0.25, -0.2) is 4.79 Å². The van der Waals surface area contributed by atoms with E-state index >= 15 is 0 Å². The highest BCUT2D eigenvalue weighted by atomic mass is 79.9. The van der Waals surface area contributed by atoms with Crippen LogP contribution in [0.15, 0.2) is 0 Å². The molecule has 0 spiro atoms. The lowest BCUT2D eigenvalue weighted by Gasteiger charge is -2.36. The van der Waals surface area contributed by atoms with Gasteiger partial charge in [0.2, 0.25) is 0 Å². The number of piperidine rings is 1. The van der Waals surface area contributed by atoms with Crippen LogP contribution in [0.25, 0.3) is 0 Å². The SMILES string of the molecule is CC(CBr)C1CCCN(C(=O)OC(C)(C)C)C1. The first-order chi connectivity index (χ1) is 7.83. The minimum atomic E-state index is -0.398. The van der Waals surface area contributed by atoms with Gasteiger partial charge in [-0.1, -0.05) is 22.9 Å². The fraction of sp³-hybridized carbons (Fsp3) is 0.923. The van der Waals surface area contributed by atoms with E-state index in [0.29, 0.717) is 11.8 Å². The maximum absolute atomic E-state index is 12.0. The van der Waals surface area contributed by atoms with Gasteiger partial charge in [-0.05, 0) is 45.4 Å². The first kappa shape index (κ1) is 14.8. The van der Waals surface area contributed by atoms with Crippen LogP contribution in [0.4, 0.5) is 4.79 Å². The average Bonchev–Trinajstić information content (AvgIpc) is 2.26. The molecule has 1 amide bonds. The zero-order valence-corrected chi connectivity index (χ0v) is 12.9. The summed E-state index contributed by atoms with van der Waals surface area (Å²) in [5, 5.41) is 1.000. The van der Waals surface area contributed by atoms with Gasteiger partial charge < -0.3 is 9.64 Å². The van der Waals surface area contributed by atoms with Gasteiger partial charge in [-0.15, -0.1) is 0 Å². The zero-order chi connectivity index (χ0) is 13.1. The Hall–Kier alpha value is -0.250. The molecule has 1 rings (SSSR count). The second-order valence-electron chi connectivity index (χ2n) is 5.96. The number of carbonyl (C=O) groups excluding carboxylic acids is 1. The van der Waals surface area contributed by atoms with Crippen molar-refractivity contribution in [3.8, 4) is 0 Å². The van der Waals surface area contributed by atoms with Crippen molar-refractivity contribution in [2.45, 2.75) is 46.1 Å². The standard InChI is InChI=1S/C13H24BrNO2/c1-10(8-14)11-6-5-7-15(9-11)12(16)17-13(2,3)4/h10-11H,5-9H2,1-4H3. The van der Waals surface area contributed by atoms with Gasteiger partial charge in [0.15, 0.2) is 0 Å². The van der Waals surface area contributed by atoms with Gasteiger partial charge in [0.1, 0.15) is 5.60 Å². The number of rotatable bonds is 2. The third-order valence-corrected chi connectivity index (χ3v) is 4.18. The molecule has 0 aliphatic carbocycles. The third-order valence-electron chi connectivity index (χ3n) is 3.16. The van der Waals surface area contributed by atoms with E-state index in [-0.39, 0.29) is 6.09 Å². The maximum Gasteiger partial charge on any atom is 0.410 e. The van der Waals surface area contributed by atoms with Gasteiger partial charge in [-0.2, -0.15) is 0 Å². The molecule has 0 N–H and O–H groups in total. The molecule has 2 unspecified atom stereocenters. The summed E-state index contributed by atoms with van der Waals surface area (Å²) >= 11 is 3.52. The molecule has 0 bridgehead atoms. The molecule has 1 heterocycles. The predicted octanol–water partition coefficient (Wildman–Crippen LogP) is 3.66. The van der Waals surface area contributed by atoms with E-state index in [1.807, 2.05) is 25.7 Å². The largest absolute Gasteiger partial charge is 0.444 e. The van der Waals surface area contributed by atoms with Crippen molar-refractivity contribution in [2.75, 3.05) is 18.4 Å². The highest BCUT2D eigenvalue weighted by Gasteiger charge is 2.29. The molecule has 0 aromatic heterocycles. The molecule has 1 aliphatic heterocycles. The molecular formula is C13H24BrNO2. The van der Waals surface area contributed by atoms with Crippen LogP contribution in [0.3, 0.4) is 0 Å². The van der Waals surface area contributed by atoms with Gasteiger partial charge in [0.25, 0.3) is 0 Å². The van der Waals surface area contributed by atoms with Crippen LogP contribution in [0, 0.1) is 11.8 Å². The summed E-state index contributed by atoms with van der Waals surface area (Å²) < 4.78 is 5.41. The molecule has 100 valence electrons. The second kappa shape index (κ2) is 6.07. The Bertz CT molecular complexity index is 263. The van der Waals surface area contributed by atoms with Crippen LogP contribution in [-0.4, -0.2) is 35.0 Å². The molecule has 3 nitrogen and oxygen atoms in total. The number of ether oxygens (including phenoxy) is 1. The molecule has 4 heteroatoms. The number of alkyl halides is 1. The predicted molar refractivity (Wildman–Crippen MR) is 73.5 cm³/mol. The van der Waals surface area contributed by atoms with E-state index in [0.717, 1.165) is 24.8 Å². The molecule has 0 aromatic rings. The molecule has 0 saturated carbocycles. The van der Waals surface area contributed by atoms with E-state index < -0.39 is 5.60 Å². The number of amides is 1. The Morgan fingerprint density at radius 2 is 2.18 bits per heavy atom. The average molecular weight is 306 g/mol. The van der Waals surface area contributed by atoms with Gasteiger partial charge in [0.05, 0.1) is 0 Å². The molecular weight excluding hydrogens is 282 g/mol. The van der Waals surface area contributed by atoms with E-state index in [1.54, 1.807) is 0 Å². The van der Waals surface area contributed by atoms with Crippen LogP contribution < -0.4 is 0 Å². The number of likely N-dealkylation sites (tertiary alicyclic amines) is 1. The monoisotopic (exact) mass is 305 g/mol. The highest BCUT2D eigenvalue weighted by Crippen LogP contribution is 2.26. The zero-order valence-electron chi connectivity index (χ0n) is 11.3. The molecule has 1 fully saturated rings. The van der Waals surface area contributed by atoms with Crippen molar-refractivity contribution in [3.63, 3.8) is 0 Å². The van der Waals surface area contributed by atoms with Crippen molar-refractivity contribution in [2.24, 2.45) is 11.8 Å². The van der Waals surface area contributed by atoms with Crippen LogP contribution in [0.5, 0.6) is 0 Å². The Kier molecular flexibility index (Phi) is 5.29. The summed E-state index contributed by atoms with van der Waals surface area (Å²) in [5.74, 6) is 1.20. The van der Waals surface area contributed by atoms with Crippen LogP contribution in [0.1, 0.15) is 40.5 Å². The Morgan fingerprint density at radius 3 is 2.71 bits per heavy atom. The van der Waals surface area contributed by atoms with E-state index in [2.05, 4.69) is 22.9 Å². The summed E-state index contributed by atoms with van der Waals surface area (Å²) in [6, 6.07) is 0. The lowest BCUT2D eigenvalue weighted by Crippen LogP contribution is -2.44. The Balaban J connectivity index is 2.52. The minimum absolute atomic E-state index is 0.163. The molecule has 0 radical (unpaired) electrons. The second-order valence-corrected chi connectivity index (χ2v) is 6.61. The van der Waals surface area contributed by atoms with Gasteiger partial charge in [-0.3, -0.25) is 0 Å². The van der Waals surface area contributed by atoms with Gasteiger partial charge >= 0.3 is 6.09 Å². The normalized spacial score (nSPS) is 23.4. The lowest BCUT2D eigenvalue weighted by molar-refractivity contribution is 0.0142. The first-order valence-electron chi connectivity index (χ1n) is 6.37. The fourth-order valence-corrected chi connectivity index (χ4v) is 2.62. The Morgan fingerprint density at radius 1 is 1.53 bits per heavy atom. The Labute approximate surface area is 113 Å². The lowest BCUT2D eigenvalue weighted by atomic mass is 9.88. The van der Waals surface area contributed by atoms with E-state index in [4.69, 9.17) is 4.74 Å². The molecule has 1 aliphatic rings. The van der Waals surface area contributed by atoms with E-state index in [9.17, 15) is 4.79 Å². The molecule has 17 heavy (non-hydrogen) atoms. The molecule has 0 aromatic carbocycles. The van der Waals surface area contributed by atoms with Crippen LogP contribution in [0.2, 0.25) is 0 Å². The third kappa shape index (κ3) is 4.86. The van der Waals surface area contributed by atoms with Crippen molar-refractivity contribution in [3.05, 3.63) is 0 Å². The summed E-state index contributed by atoms with van der Waals surface area (Å²) in [6.07, 6.45) is 2.14.